The summed E-state index contributed by atoms with van der Waals surface area (Å²) in [4.78, 5) is 12.6. The maximum Gasteiger partial charge on any atom is 0.257 e. The fourth-order valence-corrected chi connectivity index (χ4v) is 4.02. The fraction of sp³-hybridized carbons (Fsp3) is 0.167. The Labute approximate surface area is 147 Å². The number of nitrogens with one attached hydrogen (secondary N) is 1. The van der Waals surface area contributed by atoms with E-state index in [-0.39, 0.29) is 5.91 Å². The lowest BCUT2D eigenvalue weighted by Gasteiger charge is -2.10. The number of hydrogen-bond donors (Lipinski definition) is 1. The highest BCUT2D eigenvalue weighted by atomic mass is 127. The third-order valence-electron chi connectivity index (χ3n) is 3.63. The zero-order valence-electron chi connectivity index (χ0n) is 12.4. The lowest BCUT2D eigenvalue weighted by Crippen LogP contribution is -2.12. The average molecular weight is 421 g/mol. The summed E-state index contributed by atoms with van der Waals surface area (Å²) in [7, 11) is 0. The normalized spacial score (nSPS) is 10.9. The molecule has 2 aromatic carbocycles. The van der Waals surface area contributed by atoms with E-state index in [0.717, 1.165) is 31.3 Å². The first-order valence-electron chi connectivity index (χ1n) is 7.03. The van der Waals surface area contributed by atoms with Crippen LogP contribution in [0.15, 0.2) is 41.8 Å². The van der Waals surface area contributed by atoms with Gasteiger partial charge in [-0.3, -0.25) is 4.79 Å². The second-order valence-corrected chi connectivity index (χ2v) is 7.07. The van der Waals surface area contributed by atoms with Gasteiger partial charge in [0.1, 0.15) is 0 Å². The molecule has 0 fully saturated rings. The van der Waals surface area contributed by atoms with Crippen LogP contribution in [0.3, 0.4) is 0 Å². The highest BCUT2D eigenvalue weighted by Gasteiger charge is 2.14. The van der Waals surface area contributed by atoms with Crippen molar-refractivity contribution >= 4 is 55.6 Å². The van der Waals surface area contributed by atoms with Crippen LogP contribution >= 0.6 is 33.9 Å². The van der Waals surface area contributed by atoms with Crippen LogP contribution in [0.5, 0.6) is 0 Å². The van der Waals surface area contributed by atoms with E-state index in [2.05, 4.69) is 59.1 Å². The van der Waals surface area contributed by atoms with Crippen LogP contribution in [0.1, 0.15) is 27.0 Å². The van der Waals surface area contributed by atoms with E-state index in [0.29, 0.717) is 0 Å². The third-order valence-corrected chi connectivity index (χ3v) is 5.41. The molecule has 4 heteroatoms. The summed E-state index contributed by atoms with van der Waals surface area (Å²) in [5, 5.41) is 6.04. The average Bonchev–Trinajstić information content (AvgIpc) is 2.92. The largest absolute Gasteiger partial charge is 0.322 e. The van der Waals surface area contributed by atoms with Gasteiger partial charge in [-0.2, -0.15) is 0 Å². The van der Waals surface area contributed by atoms with Crippen molar-refractivity contribution in [3.63, 3.8) is 0 Å². The van der Waals surface area contributed by atoms with Gasteiger partial charge >= 0.3 is 0 Å². The summed E-state index contributed by atoms with van der Waals surface area (Å²) in [5.41, 5.74) is 5.19. The maximum atomic E-state index is 12.6. The molecular weight excluding hydrogens is 405 g/mol. The number of thiophene rings is 1. The molecule has 1 aromatic heterocycles. The minimum atomic E-state index is -0.0354. The third kappa shape index (κ3) is 3.03. The molecule has 0 saturated carbocycles. The van der Waals surface area contributed by atoms with Gasteiger partial charge in [0, 0.05) is 25.6 Å². The number of hydrogen-bond acceptors (Lipinski definition) is 2. The molecule has 1 amide bonds. The van der Waals surface area contributed by atoms with Crippen molar-refractivity contribution in [1.82, 2.24) is 0 Å². The standard InChI is InChI=1S/C18H16INOS/c1-11-3-5-16(13(7-11)9-19)20-18(21)15-10-22-17-6-4-12(2)8-14(15)17/h3-8,10H,9H2,1-2H3,(H,20,21). The number of alkyl halides is 1. The topological polar surface area (TPSA) is 29.1 Å². The molecule has 0 atom stereocenters. The lowest BCUT2D eigenvalue weighted by atomic mass is 10.1. The highest BCUT2D eigenvalue weighted by Crippen LogP contribution is 2.28. The Morgan fingerprint density at radius 2 is 1.86 bits per heavy atom. The SMILES string of the molecule is Cc1ccc(NC(=O)c2csc3ccc(C)cc23)c(CI)c1. The minimum absolute atomic E-state index is 0.0354. The monoisotopic (exact) mass is 421 g/mol. The zero-order chi connectivity index (χ0) is 15.7. The smallest absolute Gasteiger partial charge is 0.257 e. The summed E-state index contributed by atoms with van der Waals surface area (Å²) in [6, 6.07) is 12.4. The minimum Gasteiger partial charge on any atom is -0.322 e. The molecule has 0 radical (unpaired) electrons. The Balaban J connectivity index is 1.95. The Hall–Kier alpha value is -1.40. The van der Waals surface area contributed by atoms with Crippen molar-refractivity contribution in [3.05, 3.63) is 64.0 Å². The van der Waals surface area contributed by atoms with Crippen molar-refractivity contribution in [2.45, 2.75) is 18.3 Å². The van der Waals surface area contributed by atoms with E-state index in [1.54, 1.807) is 11.3 Å². The number of benzene rings is 2. The Morgan fingerprint density at radius 3 is 2.64 bits per heavy atom. The molecular formula is C18H16INOS. The first-order valence-corrected chi connectivity index (χ1v) is 9.43. The molecule has 0 spiro atoms. The van der Waals surface area contributed by atoms with Crippen molar-refractivity contribution in [2.75, 3.05) is 5.32 Å². The van der Waals surface area contributed by atoms with Gasteiger partial charge in [0.05, 0.1) is 5.56 Å². The number of fused-ring (bicyclic) bond motifs is 1. The van der Waals surface area contributed by atoms with E-state index < -0.39 is 0 Å². The van der Waals surface area contributed by atoms with Crippen molar-refractivity contribution in [1.29, 1.82) is 0 Å². The summed E-state index contributed by atoms with van der Waals surface area (Å²) in [6.45, 7) is 4.11. The first kappa shape index (κ1) is 15.5. The molecule has 0 aliphatic heterocycles. The van der Waals surface area contributed by atoms with Gasteiger partial charge < -0.3 is 5.32 Å². The van der Waals surface area contributed by atoms with Crippen molar-refractivity contribution in [2.24, 2.45) is 0 Å². The first-order chi connectivity index (χ1) is 10.6. The van der Waals surface area contributed by atoms with Gasteiger partial charge in [0.2, 0.25) is 0 Å². The lowest BCUT2D eigenvalue weighted by molar-refractivity contribution is 0.102. The van der Waals surface area contributed by atoms with Gasteiger partial charge in [0.15, 0.2) is 0 Å². The number of halogens is 1. The molecule has 0 aliphatic carbocycles. The summed E-state index contributed by atoms with van der Waals surface area (Å²) < 4.78 is 2.02. The van der Waals surface area contributed by atoms with E-state index in [1.165, 1.54) is 11.1 Å². The number of carbonyl (C=O) groups is 1. The number of aryl methyl sites for hydroxylation is 2. The van der Waals surface area contributed by atoms with Crippen LogP contribution in [-0.2, 0) is 4.43 Å². The summed E-state index contributed by atoms with van der Waals surface area (Å²) >= 11 is 3.94. The molecule has 1 heterocycles. The molecule has 112 valence electrons. The molecule has 0 saturated heterocycles. The number of amides is 1. The molecule has 0 bridgehead atoms. The van der Waals surface area contributed by atoms with E-state index in [4.69, 9.17) is 0 Å². The summed E-state index contributed by atoms with van der Waals surface area (Å²) in [5.74, 6) is -0.0354. The van der Waals surface area contributed by atoms with E-state index in [1.807, 2.05) is 24.4 Å². The van der Waals surface area contributed by atoms with Crippen LogP contribution in [0.2, 0.25) is 0 Å². The molecule has 0 unspecified atom stereocenters. The fourth-order valence-electron chi connectivity index (χ4n) is 2.46. The highest BCUT2D eigenvalue weighted by molar-refractivity contribution is 14.1. The van der Waals surface area contributed by atoms with Gasteiger partial charge in [0.25, 0.3) is 5.91 Å². The summed E-state index contributed by atoms with van der Waals surface area (Å²) in [6.07, 6.45) is 0. The Kier molecular flexibility index (Phi) is 4.49. The van der Waals surface area contributed by atoms with Gasteiger partial charge in [-0.15, -0.1) is 11.3 Å². The van der Waals surface area contributed by atoms with Gasteiger partial charge in [-0.05, 0) is 37.6 Å². The quantitative estimate of drug-likeness (QED) is 0.426. The van der Waals surface area contributed by atoms with Gasteiger partial charge in [-0.1, -0.05) is 51.9 Å². The van der Waals surface area contributed by atoms with E-state index >= 15 is 0 Å². The molecule has 22 heavy (non-hydrogen) atoms. The maximum absolute atomic E-state index is 12.6. The number of anilines is 1. The molecule has 3 rings (SSSR count). The van der Waals surface area contributed by atoms with Crippen molar-refractivity contribution in [3.8, 4) is 0 Å². The van der Waals surface area contributed by atoms with Crippen LogP contribution in [0, 0.1) is 13.8 Å². The van der Waals surface area contributed by atoms with Crippen LogP contribution in [0.4, 0.5) is 5.69 Å². The van der Waals surface area contributed by atoms with Crippen LogP contribution < -0.4 is 5.32 Å². The molecule has 0 aliphatic rings. The second kappa shape index (κ2) is 6.38. The van der Waals surface area contributed by atoms with Crippen LogP contribution in [-0.4, -0.2) is 5.91 Å². The molecule has 3 aromatic rings. The Morgan fingerprint density at radius 1 is 1.14 bits per heavy atom. The van der Waals surface area contributed by atoms with E-state index in [9.17, 15) is 4.79 Å². The molecule has 1 N–H and O–H groups in total. The molecule has 2 nitrogen and oxygen atoms in total. The predicted octanol–water partition coefficient (Wildman–Crippen LogP) is 5.71. The second-order valence-electron chi connectivity index (χ2n) is 5.40. The van der Waals surface area contributed by atoms with Crippen molar-refractivity contribution < 1.29 is 4.79 Å². The number of rotatable bonds is 3. The predicted molar refractivity (Wildman–Crippen MR) is 103 cm³/mol. The zero-order valence-corrected chi connectivity index (χ0v) is 15.4. The van der Waals surface area contributed by atoms with Crippen LogP contribution in [0.25, 0.3) is 10.1 Å². The number of carbonyl (C=O) groups excluding carboxylic acids is 1. The Bertz CT molecular complexity index is 853. The van der Waals surface area contributed by atoms with Gasteiger partial charge in [-0.25, -0.2) is 0 Å².